The Hall–Kier alpha value is -1.51. The number of amides is 1. The number of rotatable bonds is 4. The molecule has 1 atom stereocenters. The lowest BCUT2D eigenvalue weighted by Gasteiger charge is -2.23. The van der Waals surface area contributed by atoms with Crippen molar-refractivity contribution in [3.05, 3.63) is 29.8 Å². The number of nitrogens with zero attached hydrogens (tertiary/aromatic N) is 1. The molecular formula is C17H25NO2. The molecule has 1 fully saturated rings. The number of ether oxygens (including phenoxy) is 1. The molecule has 3 nitrogen and oxygen atoms in total. The van der Waals surface area contributed by atoms with Crippen LogP contribution in [0.4, 0.5) is 0 Å². The minimum atomic E-state index is -0.430. The van der Waals surface area contributed by atoms with Gasteiger partial charge in [0.2, 0.25) is 0 Å². The summed E-state index contributed by atoms with van der Waals surface area (Å²) >= 11 is 0. The summed E-state index contributed by atoms with van der Waals surface area (Å²) < 4.78 is 5.75. The van der Waals surface area contributed by atoms with Gasteiger partial charge in [-0.2, -0.15) is 0 Å². The summed E-state index contributed by atoms with van der Waals surface area (Å²) in [6.07, 6.45) is 1.81. The Morgan fingerprint density at radius 1 is 1.25 bits per heavy atom. The monoisotopic (exact) mass is 275 g/mol. The van der Waals surface area contributed by atoms with Crippen LogP contribution in [0.5, 0.6) is 5.75 Å². The fourth-order valence-corrected chi connectivity index (χ4v) is 2.22. The Bertz CT molecular complexity index is 469. The third kappa shape index (κ3) is 3.53. The predicted octanol–water partition coefficient (Wildman–Crippen LogP) is 3.37. The lowest BCUT2D eigenvalue weighted by molar-refractivity contribution is -0.137. The van der Waals surface area contributed by atoms with Gasteiger partial charge in [0.05, 0.1) is 0 Å². The second-order valence-corrected chi connectivity index (χ2v) is 6.71. The summed E-state index contributed by atoms with van der Waals surface area (Å²) in [6.45, 7) is 8.36. The number of hydrogen-bond acceptors (Lipinski definition) is 2. The van der Waals surface area contributed by atoms with Gasteiger partial charge in [0, 0.05) is 13.1 Å². The van der Waals surface area contributed by atoms with Crippen molar-refractivity contribution < 1.29 is 9.53 Å². The first-order valence-corrected chi connectivity index (χ1v) is 7.33. The number of hydrogen-bond donors (Lipinski definition) is 0. The summed E-state index contributed by atoms with van der Waals surface area (Å²) in [7, 11) is 1.86. The molecule has 1 aromatic carbocycles. The maximum atomic E-state index is 12.2. The Morgan fingerprint density at radius 2 is 1.80 bits per heavy atom. The van der Waals surface area contributed by atoms with Gasteiger partial charge in [-0.25, -0.2) is 0 Å². The number of carbonyl (C=O) groups excluding carboxylic acids is 1. The zero-order valence-electron chi connectivity index (χ0n) is 13.1. The molecule has 0 heterocycles. The van der Waals surface area contributed by atoms with E-state index in [9.17, 15) is 4.79 Å². The van der Waals surface area contributed by atoms with Gasteiger partial charge in [0.15, 0.2) is 6.10 Å². The van der Waals surface area contributed by atoms with Crippen molar-refractivity contribution in [2.24, 2.45) is 0 Å². The van der Waals surface area contributed by atoms with Crippen molar-refractivity contribution in [2.75, 3.05) is 7.05 Å². The molecule has 0 N–H and O–H groups in total. The Balaban J connectivity index is 1.97. The molecule has 0 aromatic heterocycles. The maximum absolute atomic E-state index is 12.2. The average Bonchev–Trinajstić information content (AvgIpc) is 3.20. The van der Waals surface area contributed by atoms with E-state index in [0.29, 0.717) is 6.04 Å². The smallest absolute Gasteiger partial charge is 0.263 e. The molecule has 1 saturated carbocycles. The van der Waals surface area contributed by atoms with Crippen LogP contribution < -0.4 is 4.74 Å². The SMILES string of the molecule is C[C@@H](Oc1ccc(C(C)(C)C)cc1)C(=O)N(C)C1CC1. The van der Waals surface area contributed by atoms with Gasteiger partial charge >= 0.3 is 0 Å². The molecular weight excluding hydrogens is 250 g/mol. The van der Waals surface area contributed by atoms with Crippen LogP contribution in [0.3, 0.4) is 0 Å². The Morgan fingerprint density at radius 3 is 2.25 bits per heavy atom. The molecule has 0 radical (unpaired) electrons. The van der Waals surface area contributed by atoms with Gasteiger partial charge in [-0.3, -0.25) is 4.79 Å². The highest BCUT2D eigenvalue weighted by atomic mass is 16.5. The topological polar surface area (TPSA) is 29.5 Å². The fourth-order valence-electron chi connectivity index (χ4n) is 2.22. The second-order valence-electron chi connectivity index (χ2n) is 6.71. The fraction of sp³-hybridized carbons (Fsp3) is 0.588. The molecule has 1 aromatic rings. The Kier molecular flexibility index (Phi) is 4.07. The molecule has 1 aliphatic carbocycles. The van der Waals surface area contributed by atoms with Gasteiger partial charge in [-0.05, 0) is 42.9 Å². The zero-order chi connectivity index (χ0) is 14.9. The standard InChI is InChI=1S/C17H25NO2/c1-12(16(19)18(5)14-8-9-14)20-15-10-6-13(7-11-15)17(2,3)4/h6-7,10-12,14H,8-9H2,1-5H3/t12-/m1/s1. The molecule has 0 aliphatic heterocycles. The van der Waals surface area contributed by atoms with Crippen LogP contribution in [0.25, 0.3) is 0 Å². The Labute approximate surface area is 121 Å². The molecule has 0 saturated heterocycles. The van der Waals surface area contributed by atoms with Crippen LogP contribution in [-0.2, 0) is 10.2 Å². The average molecular weight is 275 g/mol. The molecule has 20 heavy (non-hydrogen) atoms. The zero-order valence-corrected chi connectivity index (χ0v) is 13.1. The highest BCUT2D eigenvalue weighted by molar-refractivity contribution is 5.81. The summed E-state index contributed by atoms with van der Waals surface area (Å²) in [5.41, 5.74) is 1.39. The van der Waals surface area contributed by atoms with Crippen LogP contribution in [0.15, 0.2) is 24.3 Å². The van der Waals surface area contributed by atoms with Gasteiger partial charge in [0.1, 0.15) is 5.75 Å². The van der Waals surface area contributed by atoms with E-state index in [1.165, 1.54) is 5.56 Å². The van der Waals surface area contributed by atoms with Gasteiger partial charge < -0.3 is 9.64 Å². The summed E-state index contributed by atoms with van der Waals surface area (Å²) in [5, 5.41) is 0. The largest absolute Gasteiger partial charge is 0.481 e. The van der Waals surface area contributed by atoms with E-state index in [2.05, 4.69) is 32.9 Å². The van der Waals surface area contributed by atoms with Crippen LogP contribution in [-0.4, -0.2) is 30.0 Å². The normalized spacial score (nSPS) is 16.6. The van der Waals surface area contributed by atoms with Crippen molar-refractivity contribution in [1.29, 1.82) is 0 Å². The van der Waals surface area contributed by atoms with Crippen molar-refractivity contribution in [2.45, 2.75) is 58.1 Å². The van der Waals surface area contributed by atoms with E-state index >= 15 is 0 Å². The molecule has 0 bridgehead atoms. The van der Waals surface area contributed by atoms with E-state index in [4.69, 9.17) is 4.74 Å². The molecule has 1 amide bonds. The lowest BCUT2D eigenvalue weighted by Crippen LogP contribution is -2.39. The molecule has 2 rings (SSSR count). The third-order valence-corrected chi connectivity index (χ3v) is 3.82. The van der Waals surface area contributed by atoms with Crippen LogP contribution in [0.2, 0.25) is 0 Å². The first-order valence-electron chi connectivity index (χ1n) is 7.33. The molecule has 0 unspecified atom stereocenters. The quantitative estimate of drug-likeness (QED) is 0.843. The van der Waals surface area contributed by atoms with Crippen LogP contribution in [0, 0.1) is 0 Å². The summed E-state index contributed by atoms with van der Waals surface area (Å²) in [6, 6.07) is 8.45. The minimum absolute atomic E-state index is 0.0624. The van der Waals surface area contributed by atoms with Crippen LogP contribution in [0.1, 0.15) is 46.1 Å². The second kappa shape index (κ2) is 5.47. The number of carbonyl (C=O) groups is 1. The summed E-state index contributed by atoms with van der Waals surface area (Å²) in [5.74, 6) is 0.815. The maximum Gasteiger partial charge on any atom is 0.263 e. The van der Waals surface area contributed by atoms with Crippen molar-refractivity contribution >= 4 is 5.91 Å². The van der Waals surface area contributed by atoms with Crippen molar-refractivity contribution in [1.82, 2.24) is 4.90 Å². The minimum Gasteiger partial charge on any atom is -0.481 e. The van der Waals surface area contributed by atoms with Gasteiger partial charge in [0.25, 0.3) is 5.91 Å². The molecule has 3 heteroatoms. The van der Waals surface area contributed by atoms with E-state index in [1.807, 2.05) is 31.0 Å². The summed E-state index contributed by atoms with van der Waals surface area (Å²) in [4.78, 5) is 14.0. The van der Waals surface area contributed by atoms with Crippen LogP contribution >= 0.6 is 0 Å². The highest BCUT2D eigenvalue weighted by Crippen LogP contribution is 2.27. The lowest BCUT2D eigenvalue weighted by atomic mass is 9.87. The number of likely N-dealkylation sites (N-methyl/N-ethyl adjacent to an activating group) is 1. The van der Waals surface area contributed by atoms with E-state index in [1.54, 1.807) is 0 Å². The first-order chi connectivity index (χ1) is 9.29. The molecule has 1 aliphatic rings. The van der Waals surface area contributed by atoms with Gasteiger partial charge in [-0.15, -0.1) is 0 Å². The van der Waals surface area contributed by atoms with Gasteiger partial charge in [-0.1, -0.05) is 32.9 Å². The third-order valence-electron chi connectivity index (χ3n) is 3.82. The highest BCUT2D eigenvalue weighted by Gasteiger charge is 2.32. The molecule has 0 spiro atoms. The van der Waals surface area contributed by atoms with E-state index in [-0.39, 0.29) is 11.3 Å². The van der Waals surface area contributed by atoms with Crippen molar-refractivity contribution in [3.8, 4) is 5.75 Å². The molecule has 110 valence electrons. The number of benzene rings is 1. The first kappa shape index (κ1) is 14.9. The van der Waals surface area contributed by atoms with E-state index < -0.39 is 6.10 Å². The van der Waals surface area contributed by atoms with Crippen molar-refractivity contribution in [3.63, 3.8) is 0 Å². The van der Waals surface area contributed by atoms with E-state index in [0.717, 1.165) is 18.6 Å². The predicted molar refractivity (Wildman–Crippen MR) is 81.0 cm³/mol.